The number of hydrogen-bond donors (Lipinski definition) is 2. The minimum atomic E-state index is -2.86. The SMILES string of the molecule is COCC(O)CCNC(=O)Cc1ccc(OC(F)F)cc1. The average Bonchev–Trinajstić information content (AvgIpc) is 2.40. The topological polar surface area (TPSA) is 67.8 Å². The van der Waals surface area contributed by atoms with Crippen molar-refractivity contribution in [3.63, 3.8) is 0 Å². The summed E-state index contributed by atoms with van der Waals surface area (Å²) in [5.41, 5.74) is 0.687. The molecule has 0 saturated carbocycles. The van der Waals surface area contributed by atoms with E-state index in [9.17, 15) is 18.7 Å². The van der Waals surface area contributed by atoms with E-state index in [-0.39, 0.29) is 24.7 Å². The first-order valence-corrected chi connectivity index (χ1v) is 6.48. The number of halogens is 2. The highest BCUT2D eigenvalue weighted by Crippen LogP contribution is 2.15. The fourth-order valence-electron chi connectivity index (χ4n) is 1.69. The summed E-state index contributed by atoms with van der Waals surface area (Å²) in [6.07, 6.45) is -0.0723. The van der Waals surface area contributed by atoms with Gasteiger partial charge in [-0.05, 0) is 24.1 Å². The number of carbonyl (C=O) groups is 1. The van der Waals surface area contributed by atoms with Crippen LogP contribution in [0.2, 0.25) is 0 Å². The molecule has 0 aliphatic heterocycles. The molecule has 118 valence electrons. The summed E-state index contributed by atoms with van der Waals surface area (Å²) in [6.45, 7) is -2.30. The molecule has 1 rings (SSSR count). The van der Waals surface area contributed by atoms with Crippen LogP contribution in [0.15, 0.2) is 24.3 Å². The Balaban J connectivity index is 2.31. The number of rotatable bonds is 9. The van der Waals surface area contributed by atoms with Crippen molar-refractivity contribution in [1.29, 1.82) is 0 Å². The Morgan fingerprint density at radius 2 is 2.00 bits per heavy atom. The van der Waals surface area contributed by atoms with E-state index in [1.807, 2.05) is 0 Å². The van der Waals surface area contributed by atoms with E-state index in [0.717, 1.165) is 0 Å². The molecule has 5 nitrogen and oxygen atoms in total. The fourth-order valence-corrected chi connectivity index (χ4v) is 1.69. The molecular formula is C14H19F2NO4. The lowest BCUT2D eigenvalue weighted by Crippen LogP contribution is -2.29. The molecule has 1 amide bonds. The van der Waals surface area contributed by atoms with Crippen LogP contribution in [0, 0.1) is 0 Å². The summed E-state index contributed by atoms with van der Waals surface area (Å²) >= 11 is 0. The largest absolute Gasteiger partial charge is 0.435 e. The third-order valence-corrected chi connectivity index (χ3v) is 2.67. The zero-order valence-electron chi connectivity index (χ0n) is 11.7. The third kappa shape index (κ3) is 7.57. The van der Waals surface area contributed by atoms with Crippen LogP contribution in [0.4, 0.5) is 8.78 Å². The summed E-state index contributed by atoms with van der Waals surface area (Å²) in [6, 6.07) is 5.88. The van der Waals surface area contributed by atoms with E-state index in [1.54, 1.807) is 12.1 Å². The van der Waals surface area contributed by atoms with Gasteiger partial charge in [-0.3, -0.25) is 4.79 Å². The van der Waals surface area contributed by atoms with Crippen LogP contribution < -0.4 is 10.1 Å². The van der Waals surface area contributed by atoms with Crippen molar-refractivity contribution in [2.45, 2.75) is 25.6 Å². The lowest BCUT2D eigenvalue weighted by Gasteiger charge is -2.10. The standard InChI is InChI=1S/C14H19F2NO4/c1-20-9-11(18)6-7-17-13(19)8-10-2-4-12(5-3-10)21-14(15)16/h2-5,11,14,18H,6-9H2,1H3,(H,17,19). The number of nitrogens with one attached hydrogen (secondary N) is 1. The van der Waals surface area contributed by atoms with E-state index in [2.05, 4.69) is 10.1 Å². The van der Waals surface area contributed by atoms with Gasteiger partial charge < -0.3 is 19.9 Å². The highest BCUT2D eigenvalue weighted by Gasteiger charge is 2.07. The zero-order chi connectivity index (χ0) is 15.7. The Morgan fingerprint density at radius 1 is 1.33 bits per heavy atom. The summed E-state index contributed by atoms with van der Waals surface area (Å²) in [4.78, 5) is 11.6. The molecule has 0 spiro atoms. The number of aliphatic hydroxyl groups is 1. The van der Waals surface area contributed by atoms with Gasteiger partial charge in [-0.15, -0.1) is 0 Å². The van der Waals surface area contributed by atoms with Gasteiger partial charge in [-0.25, -0.2) is 0 Å². The molecule has 0 radical (unpaired) electrons. The Labute approximate surface area is 121 Å². The normalized spacial score (nSPS) is 12.2. The molecule has 1 aromatic carbocycles. The van der Waals surface area contributed by atoms with E-state index in [1.165, 1.54) is 19.2 Å². The molecule has 7 heteroatoms. The number of carbonyl (C=O) groups excluding carboxylic acids is 1. The van der Waals surface area contributed by atoms with Gasteiger partial charge in [0.2, 0.25) is 5.91 Å². The van der Waals surface area contributed by atoms with Gasteiger partial charge in [0.1, 0.15) is 5.75 Å². The van der Waals surface area contributed by atoms with Gasteiger partial charge in [0.15, 0.2) is 0 Å². The van der Waals surface area contributed by atoms with Crippen molar-refractivity contribution >= 4 is 5.91 Å². The molecule has 21 heavy (non-hydrogen) atoms. The van der Waals surface area contributed by atoms with Crippen molar-refractivity contribution in [2.24, 2.45) is 0 Å². The Bertz CT molecular complexity index is 425. The molecule has 1 unspecified atom stereocenters. The molecule has 0 aliphatic carbocycles. The van der Waals surface area contributed by atoms with Crippen molar-refractivity contribution < 1.29 is 28.2 Å². The predicted octanol–water partition coefficient (Wildman–Crippen LogP) is 1.34. The quantitative estimate of drug-likeness (QED) is 0.722. The number of alkyl halides is 2. The zero-order valence-corrected chi connectivity index (χ0v) is 11.7. The molecule has 1 aromatic rings. The highest BCUT2D eigenvalue weighted by atomic mass is 19.3. The molecule has 0 bridgehead atoms. The first kappa shape index (κ1) is 17.3. The van der Waals surface area contributed by atoms with E-state index in [0.29, 0.717) is 18.5 Å². The van der Waals surface area contributed by atoms with Gasteiger partial charge in [0.05, 0.1) is 19.1 Å². The number of ether oxygens (including phenoxy) is 2. The lowest BCUT2D eigenvalue weighted by atomic mass is 10.1. The van der Waals surface area contributed by atoms with Crippen molar-refractivity contribution in [3.8, 4) is 5.75 Å². The maximum atomic E-state index is 12.0. The Kier molecular flexibility index (Phi) is 7.63. The Morgan fingerprint density at radius 3 is 2.57 bits per heavy atom. The lowest BCUT2D eigenvalue weighted by molar-refractivity contribution is -0.120. The minimum absolute atomic E-state index is 0.0526. The fraction of sp³-hybridized carbons (Fsp3) is 0.500. The summed E-state index contributed by atoms with van der Waals surface area (Å²) in [5.74, 6) is -0.154. The highest BCUT2D eigenvalue weighted by molar-refractivity contribution is 5.78. The van der Waals surface area contributed by atoms with E-state index >= 15 is 0 Å². The van der Waals surface area contributed by atoms with Crippen LogP contribution in [0.5, 0.6) is 5.75 Å². The number of aliphatic hydroxyl groups excluding tert-OH is 1. The third-order valence-electron chi connectivity index (χ3n) is 2.67. The second kappa shape index (κ2) is 9.25. The average molecular weight is 303 g/mol. The summed E-state index contributed by atoms with van der Waals surface area (Å²) in [7, 11) is 1.49. The molecule has 0 aliphatic rings. The first-order chi connectivity index (χ1) is 10.0. The number of hydrogen-bond acceptors (Lipinski definition) is 4. The molecule has 0 aromatic heterocycles. The molecule has 2 N–H and O–H groups in total. The van der Waals surface area contributed by atoms with Crippen LogP contribution in [0.1, 0.15) is 12.0 Å². The second-order valence-corrected chi connectivity index (χ2v) is 4.45. The maximum Gasteiger partial charge on any atom is 0.387 e. The predicted molar refractivity (Wildman–Crippen MR) is 72.3 cm³/mol. The van der Waals surface area contributed by atoms with Crippen LogP contribution >= 0.6 is 0 Å². The summed E-state index contributed by atoms with van der Waals surface area (Å²) in [5, 5.41) is 12.1. The first-order valence-electron chi connectivity index (χ1n) is 6.48. The smallest absolute Gasteiger partial charge is 0.387 e. The molecule has 1 atom stereocenters. The second-order valence-electron chi connectivity index (χ2n) is 4.45. The monoisotopic (exact) mass is 303 g/mol. The van der Waals surface area contributed by atoms with Gasteiger partial charge in [-0.2, -0.15) is 8.78 Å². The van der Waals surface area contributed by atoms with Crippen LogP contribution in [-0.2, 0) is 16.0 Å². The van der Waals surface area contributed by atoms with Crippen molar-refractivity contribution in [1.82, 2.24) is 5.32 Å². The van der Waals surface area contributed by atoms with Crippen LogP contribution in [0.3, 0.4) is 0 Å². The van der Waals surface area contributed by atoms with Crippen LogP contribution in [-0.4, -0.2) is 44.0 Å². The number of benzene rings is 1. The Hall–Kier alpha value is -1.73. The number of amides is 1. The minimum Gasteiger partial charge on any atom is -0.435 e. The molecule has 0 heterocycles. The van der Waals surface area contributed by atoms with Crippen LogP contribution in [0.25, 0.3) is 0 Å². The molecule has 0 saturated heterocycles. The van der Waals surface area contributed by atoms with Gasteiger partial charge in [0, 0.05) is 13.7 Å². The van der Waals surface area contributed by atoms with Gasteiger partial charge in [0.25, 0.3) is 0 Å². The van der Waals surface area contributed by atoms with Gasteiger partial charge in [-0.1, -0.05) is 12.1 Å². The maximum absolute atomic E-state index is 12.0. The molecular weight excluding hydrogens is 284 g/mol. The van der Waals surface area contributed by atoms with E-state index < -0.39 is 12.7 Å². The molecule has 0 fully saturated rings. The van der Waals surface area contributed by atoms with E-state index in [4.69, 9.17) is 4.74 Å². The number of methoxy groups -OCH3 is 1. The summed E-state index contributed by atoms with van der Waals surface area (Å²) < 4.78 is 32.9. The van der Waals surface area contributed by atoms with Crippen molar-refractivity contribution in [2.75, 3.05) is 20.3 Å². The van der Waals surface area contributed by atoms with Crippen molar-refractivity contribution in [3.05, 3.63) is 29.8 Å². The van der Waals surface area contributed by atoms with Gasteiger partial charge >= 0.3 is 6.61 Å².